The third kappa shape index (κ3) is 3.24. The van der Waals surface area contributed by atoms with Crippen LogP contribution in [0.15, 0.2) is 24.3 Å². The fourth-order valence-electron chi connectivity index (χ4n) is 2.18. The molecule has 15 heavy (non-hydrogen) atoms. The Kier molecular flexibility index (Phi) is 5.17. The predicted molar refractivity (Wildman–Crippen MR) is 68.5 cm³/mol. The first kappa shape index (κ1) is 12.6. The van der Waals surface area contributed by atoms with Crippen molar-refractivity contribution < 1.29 is 0 Å². The van der Waals surface area contributed by atoms with Gasteiger partial charge in [0.1, 0.15) is 0 Å². The van der Waals surface area contributed by atoms with Crippen LogP contribution < -0.4 is 0 Å². The van der Waals surface area contributed by atoms with Crippen LogP contribution in [-0.4, -0.2) is 0 Å². The summed E-state index contributed by atoms with van der Waals surface area (Å²) < 4.78 is 0. The highest BCUT2D eigenvalue weighted by atomic mass is 35.5. The van der Waals surface area contributed by atoms with Crippen LogP contribution in [0.25, 0.3) is 0 Å². The lowest BCUT2D eigenvalue weighted by Gasteiger charge is -2.21. The third-order valence-corrected chi connectivity index (χ3v) is 3.72. The molecule has 0 bridgehead atoms. The van der Waals surface area contributed by atoms with E-state index in [2.05, 4.69) is 45.0 Å². The first-order valence-corrected chi connectivity index (χ1v) is 6.41. The number of hydrogen-bond acceptors (Lipinski definition) is 0. The summed E-state index contributed by atoms with van der Waals surface area (Å²) in [5.74, 6) is 2.07. The molecule has 0 saturated carbocycles. The quantitative estimate of drug-likeness (QED) is 0.620. The molecule has 0 aliphatic rings. The molecule has 1 aromatic rings. The highest BCUT2D eigenvalue weighted by Crippen LogP contribution is 2.29. The zero-order chi connectivity index (χ0) is 11.3. The fourth-order valence-corrected chi connectivity index (χ4v) is 2.36. The Bertz CT molecular complexity index is 272. The smallest absolute Gasteiger partial charge is 0.0474 e. The summed E-state index contributed by atoms with van der Waals surface area (Å²) in [5.41, 5.74) is 2.65. The van der Waals surface area contributed by atoms with Gasteiger partial charge in [-0.25, -0.2) is 0 Å². The second-order valence-electron chi connectivity index (χ2n) is 4.24. The third-order valence-electron chi connectivity index (χ3n) is 3.42. The number of rotatable bonds is 5. The van der Waals surface area contributed by atoms with E-state index in [4.69, 9.17) is 11.6 Å². The van der Waals surface area contributed by atoms with Gasteiger partial charge in [-0.1, -0.05) is 57.9 Å². The second-order valence-corrected chi connectivity index (χ2v) is 4.51. The normalized spacial score (nSPS) is 13.1. The van der Waals surface area contributed by atoms with Crippen molar-refractivity contribution in [3.8, 4) is 0 Å². The SMILES string of the molecule is CCC(CC)C(C)c1ccc(CCl)cc1. The van der Waals surface area contributed by atoms with Gasteiger partial charge in [0.25, 0.3) is 0 Å². The van der Waals surface area contributed by atoms with Gasteiger partial charge in [0.15, 0.2) is 0 Å². The molecule has 0 spiro atoms. The number of hydrogen-bond donors (Lipinski definition) is 0. The number of benzene rings is 1. The van der Waals surface area contributed by atoms with E-state index in [9.17, 15) is 0 Å². The summed E-state index contributed by atoms with van der Waals surface area (Å²) in [6, 6.07) is 8.73. The Morgan fingerprint density at radius 3 is 2.00 bits per heavy atom. The molecule has 0 aliphatic carbocycles. The molecule has 0 amide bonds. The van der Waals surface area contributed by atoms with Crippen molar-refractivity contribution in [3.63, 3.8) is 0 Å². The van der Waals surface area contributed by atoms with Gasteiger partial charge in [-0.3, -0.25) is 0 Å². The minimum atomic E-state index is 0.611. The Labute approximate surface area is 98.7 Å². The Hall–Kier alpha value is -0.490. The second kappa shape index (κ2) is 6.17. The van der Waals surface area contributed by atoms with E-state index in [1.54, 1.807) is 0 Å². The van der Waals surface area contributed by atoms with Crippen LogP contribution in [0.3, 0.4) is 0 Å². The predicted octanol–water partition coefficient (Wildman–Crippen LogP) is 4.97. The average Bonchev–Trinajstić information content (AvgIpc) is 2.30. The molecule has 1 aromatic carbocycles. The monoisotopic (exact) mass is 224 g/mol. The summed E-state index contributed by atoms with van der Waals surface area (Å²) in [6.07, 6.45) is 2.52. The van der Waals surface area contributed by atoms with Gasteiger partial charge in [-0.05, 0) is 23.0 Å². The topological polar surface area (TPSA) is 0 Å². The summed E-state index contributed by atoms with van der Waals surface area (Å²) in [7, 11) is 0. The lowest BCUT2D eigenvalue weighted by atomic mass is 9.84. The summed E-state index contributed by atoms with van der Waals surface area (Å²) in [6.45, 7) is 6.88. The highest BCUT2D eigenvalue weighted by Gasteiger charge is 2.14. The standard InChI is InChI=1S/C14H21Cl/c1-4-13(5-2)11(3)14-8-6-12(10-15)7-9-14/h6-9,11,13H,4-5,10H2,1-3H3. The maximum absolute atomic E-state index is 5.78. The first-order chi connectivity index (χ1) is 7.22. The van der Waals surface area contributed by atoms with Gasteiger partial charge in [0.2, 0.25) is 0 Å². The molecule has 0 aromatic heterocycles. The van der Waals surface area contributed by atoms with Gasteiger partial charge < -0.3 is 0 Å². The summed E-state index contributed by atoms with van der Waals surface area (Å²) in [5, 5.41) is 0. The Morgan fingerprint density at radius 2 is 1.60 bits per heavy atom. The highest BCUT2D eigenvalue weighted by molar-refractivity contribution is 6.17. The fraction of sp³-hybridized carbons (Fsp3) is 0.571. The minimum absolute atomic E-state index is 0.611. The molecule has 0 heterocycles. The van der Waals surface area contributed by atoms with Crippen molar-refractivity contribution >= 4 is 11.6 Å². The van der Waals surface area contributed by atoms with E-state index in [1.165, 1.54) is 24.0 Å². The largest absolute Gasteiger partial charge is 0.122 e. The molecule has 0 fully saturated rings. The minimum Gasteiger partial charge on any atom is -0.122 e. The number of alkyl halides is 1. The van der Waals surface area contributed by atoms with Gasteiger partial charge in [-0.15, -0.1) is 11.6 Å². The van der Waals surface area contributed by atoms with Crippen LogP contribution >= 0.6 is 11.6 Å². The first-order valence-electron chi connectivity index (χ1n) is 5.87. The lowest BCUT2D eigenvalue weighted by Crippen LogP contribution is -2.07. The molecule has 0 saturated heterocycles. The van der Waals surface area contributed by atoms with E-state index >= 15 is 0 Å². The molecule has 0 N–H and O–H groups in total. The van der Waals surface area contributed by atoms with Crippen LogP contribution in [0.4, 0.5) is 0 Å². The molecule has 0 nitrogen and oxygen atoms in total. The summed E-state index contributed by atoms with van der Waals surface area (Å²) >= 11 is 5.78. The zero-order valence-corrected chi connectivity index (χ0v) is 10.7. The van der Waals surface area contributed by atoms with Crippen molar-refractivity contribution in [3.05, 3.63) is 35.4 Å². The van der Waals surface area contributed by atoms with Gasteiger partial charge in [0.05, 0.1) is 0 Å². The van der Waals surface area contributed by atoms with Gasteiger partial charge in [0, 0.05) is 5.88 Å². The maximum atomic E-state index is 5.78. The zero-order valence-electron chi connectivity index (χ0n) is 9.96. The lowest BCUT2D eigenvalue weighted by molar-refractivity contribution is 0.419. The van der Waals surface area contributed by atoms with Crippen LogP contribution in [-0.2, 0) is 5.88 Å². The molecular weight excluding hydrogens is 204 g/mol. The van der Waals surface area contributed by atoms with Crippen molar-refractivity contribution in [1.82, 2.24) is 0 Å². The van der Waals surface area contributed by atoms with Crippen molar-refractivity contribution in [2.45, 2.75) is 45.4 Å². The van der Waals surface area contributed by atoms with E-state index < -0.39 is 0 Å². The molecule has 1 unspecified atom stereocenters. The van der Waals surface area contributed by atoms with E-state index in [1.807, 2.05) is 0 Å². The van der Waals surface area contributed by atoms with E-state index in [0.717, 1.165) is 5.92 Å². The van der Waals surface area contributed by atoms with Crippen molar-refractivity contribution in [1.29, 1.82) is 0 Å². The Morgan fingerprint density at radius 1 is 1.07 bits per heavy atom. The van der Waals surface area contributed by atoms with E-state index in [0.29, 0.717) is 11.8 Å². The van der Waals surface area contributed by atoms with Crippen molar-refractivity contribution in [2.24, 2.45) is 5.92 Å². The molecule has 0 radical (unpaired) electrons. The molecule has 1 atom stereocenters. The Balaban J connectivity index is 2.76. The maximum Gasteiger partial charge on any atom is 0.0474 e. The van der Waals surface area contributed by atoms with Crippen molar-refractivity contribution in [2.75, 3.05) is 0 Å². The number of halogens is 1. The molecular formula is C14H21Cl. The van der Waals surface area contributed by atoms with Gasteiger partial charge >= 0.3 is 0 Å². The van der Waals surface area contributed by atoms with Crippen LogP contribution in [0, 0.1) is 5.92 Å². The van der Waals surface area contributed by atoms with Crippen LogP contribution in [0.1, 0.15) is 50.7 Å². The molecule has 1 heteroatoms. The molecule has 1 rings (SSSR count). The van der Waals surface area contributed by atoms with Crippen LogP contribution in [0.2, 0.25) is 0 Å². The summed E-state index contributed by atoms with van der Waals surface area (Å²) in [4.78, 5) is 0. The molecule has 84 valence electrons. The van der Waals surface area contributed by atoms with E-state index in [-0.39, 0.29) is 0 Å². The molecule has 0 aliphatic heterocycles. The van der Waals surface area contributed by atoms with Gasteiger partial charge in [-0.2, -0.15) is 0 Å². The van der Waals surface area contributed by atoms with Crippen LogP contribution in [0.5, 0.6) is 0 Å². The average molecular weight is 225 g/mol.